The summed E-state index contributed by atoms with van der Waals surface area (Å²) in [5, 5.41) is 14.9. The van der Waals surface area contributed by atoms with Crippen LogP contribution in [0.25, 0.3) is 0 Å². The summed E-state index contributed by atoms with van der Waals surface area (Å²) in [5.41, 5.74) is 9.16. The third-order valence-corrected chi connectivity index (χ3v) is 3.92. The standard InChI is InChI=1S/C14H15BrN4O/c1-9-3-2-4-11(13(9)15)18-8-10-5-6-17-12(7-10)14(16)19-20/h2-7,18,20H,8H2,1H3,(H2,16,19). The lowest BCUT2D eigenvalue weighted by Gasteiger charge is -2.10. The van der Waals surface area contributed by atoms with Crippen molar-refractivity contribution in [3.63, 3.8) is 0 Å². The highest BCUT2D eigenvalue weighted by atomic mass is 79.9. The van der Waals surface area contributed by atoms with E-state index in [4.69, 9.17) is 10.9 Å². The fraction of sp³-hybridized carbons (Fsp3) is 0.143. The first-order valence-corrected chi connectivity index (χ1v) is 6.83. The van der Waals surface area contributed by atoms with Crippen LogP contribution in [0.15, 0.2) is 46.2 Å². The molecule has 104 valence electrons. The molecule has 0 aliphatic heterocycles. The van der Waals surface area contributed by atoms with Gasteiger partial charge in [0.05, 0.1) is 0 Å². The van der Waals surface area contributed by atoms with Gasteiger partial charge in [-0.15, -0.1) is 0 Å². The van der Waals surface area contributed by atoms with Gasteiger partial charge in [0.15, 0.2) is 5.84 Å². The zero-order valence-corrected chi connectivity index (χ0v) is 12.6. The molecule has 0 spiro atoms. The van der Waals surface area contributed by atoms with Crippen molar-refractivity contribution in [1.82, 2.24) is 4.98 Å². The number of nitrogens with one attached hydrogen (secondary N) is 1. The molecule has 0 aliphatic carbocycles. The molecule has 2 aromatic rings. The molecule has 20 heavy (non-hydrogen) atoms. The SMILES string of the molecule is Cc1cccc(NCc2ccnc(/C(N)=N/O)c2)c1Br. The predicted octanol–water partition coefficient (Wildman–Crippen LogP) is 2.86. The van der Waals surface area contributed by atoms with Crippen LogP contribution in [0.1, 0.15) is 16.8 Å². The van der Waals surface area contributed by atoms with Crippen molar-refractivity contribution in [2.75, 3.05) is 5.32 Å². The van der Waals surface area contributed by atoms with Crippen LogP contribution < -0.4 is 11.1 Å². The number of nitrogens with two attached hydrogens (primary N) is 1. The molecule has 0 fully saturated rings. The summed E-state index contributed by atoms with van der Waals surface area (Å²) < 4.78 is 1.05. The highest BCUT2D eigenvalue weighted by Gasteiger charge is 2.04. The van der Waals surface area contributed by atoms with E-state index in [2.05, 4.69) is 31.4 Å². The maximum atomic E-state index is 8.66. The second-order valence-corrected chi connectivity index (χ2v) is 5.12. The average Bonchev–Trinajstić information content (AvgIpc) is 2.48. The molecule has 0 saturated carbocycles. The van der Waals surface area contributed by atoms with Gasteiger partial charge < -0.3 is 16.3 Å². The van der Waals surface area contributed by atoms with E-state index in [9.17, 15) is 0 Å². The molecule has 2 rings (SSSR count). The molecular formula is C14H15BrN4O. The third kappa shape index (κ3) is 3.27. The van der Waals surface area contributed by atoms with Crippen LogP contribution in [-0.4, -0.2) is 16.0 Å². The summed E-state index contributed by atoms with van der Waals surface area (Å²) in [6.07, 6.45) is 1.63. The Hall–Kier alpha value is -2.08. The second-order valence-electron chi connectivity index (χ2n) is 4.32. The summed E-state index contributed by atoms with van der Waals surface area (Å²) in [6, 6.07) is 9.70. The molecule has 0 bridgehead atoms. The van der Waals surface area contributed by atoms with E-state index in [1.807, 2.05) is 31.2 Å². The van der Waals surface area contributed by atoms with E-state index >= 15 is 0 Å². The van der Waals surface area contributed by atoms with Gasteiger partial charge in [-0.05, 0) is 52.2 Å². The minimum absolute atomic E-state index is 0.00332. The van der Waals surface area contributed by atoms with Crippen molar-refractivity contribution in [3.8, 4) is 0 Å². The summed E-state index contributed by atoms with van der Waals surface area (Å²) >= 11 is 3.56. The van der Waals surface area contributed by atoms with Crippen molar-refractivity contribution in [1.29, 1.82) is 0 Å². The smallest absolute Gasteiger partial charge is 0.188 e. The van der Waals surface area contributed by atoms with Crippen LogP contribution in [0, 0.1) is 6.92 Å². The molecule has 6 heteroatoms. The molecule has 0 amide bonds. The first-order chi connectivity index (χ1) is 9.61. The van der Waals surface area contributed by atoms with Gasteiger partial charge in [-0.3, -0.25) is 4.98 Å². The first kappa shape index (κ1) is 14.3. The fourth-order valence-electron chi connectivity index (χ4n) is 1.76. The van der Waals surface area contributed by atoms with E-state index in [1.54, 1.807) is 12.3 Å². The highest BCUT2D eigenvalue weighted by Crippen LogP contribution is 2.26. The minimum atomic E-state index is 0.00332. The molecule has 5 nitrogen and oxygen atoms in total. The number of rotatable bonds is 4. The van der Waals surface area contributed by atoms with Crippen LogP contribution in [-0.2, 0) is 6.54 Å². The van der Waals surface area contributed by atoms with Gasteiger partial charge in [-0.1, -0.05) is 17.3 Å². The Morgan fingerprint density at radius 3 is 3.00 bits per heavy atom. The number of aromatic nitrogens is 1. The average molecular weight is 335 g/mol. The normalized spacial score (nSPS) is 11.4. The number of anilines is 1. The molecule has 1 heterocycles. The zero-order valence-electron chi connectivity index (χ0n) is 11.0. The maximum absolute atomic E-state index is 8.66. The van der Waals surface area contributed by atoms with E-state index < -0.39 is 0 Å². The lowest BCUT2D eigenvalue weighted by Crippen LogP contribution is -2.15. The van der Waals surface area contributed by atoms with E-state index in [1.165, 1.54) is 5.56 Å². The first-order valence-electron chi connectivity index (χ1n) is 6.03. The maximum Gasteiger partial charge on any atom is 0.188 e. The predicted molar refractivity (Wildman–Crippen MR) is 83.0 cm³/mol. The summed E-state index contributed by atoms with van der Waals surface area (Å²) in [6.45, 7) is 2.66. The van der Waals surface area contributed by atoms with Crippen LogP contribution in [0.5, 0.6) is 0 Å². The van der Waals surface area contributed by atoms with Crippen molar-refractivity contribution in [2.45, 2.75) is 13.5 Å². The van der Waals surface area contributed by atoms with E-state index in [0.717, 1.165) is 15.7 Å². The lowest BCUT2D eigenvalue weighted by molar-refractivity contribution is 0.318. The molecule has 0 saturated heterocycles. The Kier molecular flexibility index (Phi) is 4.57. The zero-order chi connectivity index (χ0) is 14.5. The number of pyridine rings is 1. The largest absolute Gasteiger partial charge is 0.409 e. The van der Waals surface area contributed by atoms with Crippen LogP contribution in [0.4, 0.5) is 5.69 Å². The summed E-state index contributed by atoms with van der Waals surface area (Å²) in [7, 11) is 0. The molecule has 0 aliphatic rings. The number of nitrogens with zero attached hydrogens (tertiary/aromatic N) is 2. The quantitative estimate of drug-likeness (QED) is 0.347. The minimum Gasteiger partial charge on any atom is -0.409 e. The van der Waals surface area contributed by atoms with Gasteiger partial charge in [-0.25, -0.2) is 0 Å². The Morgan fingerprint density at radius 1 is 1.45 bits per heavy atom. The summed E-state index contributed by atoms with van der Waals surface area (Å²) in [4.78, 5) is 4.04. The van der Waals surface area contributed by atoms with Crippen LogP contribution in [0.3, 0.4) is 0 Å². The van der Waals surface area contributed by atoms with Gasteiger partial charge in [0, 0.05) is 22.9 Å². The van der Waals surface area contributed by atoms with E-state index in [0.29, 0.717) is 12.2 Å². The lowest BCUT2D eigenvalue weighted by atomic mass is 10.2. The number of oxime groups is 1. The number of aryl methyl sites for hydroxylation is 1. The molecule has 4 N–H and O–H groups in total. The highest BCUT2D eigenvalue weighted by molar-refractivity contribution is 9.10. The van der Waals surface area contributed by atoms with Crippen molar-refractivity contribution in [2.24, 2.45) is 10.9 Å². The van der Waals surface area contributed by atoms with Gasteiger partial charge in [0.1, 0.15) is 5.69 Å². The van der Waals surface area contributed by atoms with Gasteiger partial charge >= 0.3 is 0 Å². The Balaban J connectivity index is 2.13. The molecule has 0 atom stereocenters. The fourth-order valence-corrected chi connectivity index (χ4v) is 2.16. The monoisotopic (exact) mass is 334 g/mol. The van der Waals surface area contributed by atoms with Crippen molar-refractivity contribution < 1.29 is 5.21 Å². The number of halogens is 1. The van der Waals surface area contributed by atoms with E-state index in [-0.39, 0.29) is 5.84 Å². The van der Waals surface area contributed by atoms with Gasteiger partial charge in [-0.2, -0.15) is 0 Å². The Morgan fingerprint density at radius 2 is 2.25 bits per heavy atom. The molecule has 1 aromatic carbocycles. The number of hydrogen-bond donors (Lipinski definition) is 3. The molecule has 0 radical (unpaired) electrons. The van der Waals surface area contributed by atoms with Gasteiger partial charge in [0.2, 0.25) is 0 Å². The van der Waals surface area contributed by atoms with Crippen molar-refractivity contribution >= 4 is 27.5 Å². The van der Waals surface area contributed by atoms with Gasteiger partial charge in [0.25, 0.3) is 0 Å². The summed E-state index contributed by atoms with van der Waals surface area (Å²) in [5.74, 6) is 0.00332. The van der Waals surface area contributed by atoms with Crippen LogP contribution in [0.2, 0.25) is 0 Å². The third-order valence-electron chi connectivity index (χ3n) is 2.87. The van der Waals surface area contributed by atoms with Crippen LogP contribution >= 0.6 is 15.9 Å². The molecular weight excluding hydrogens is 320 g/mol. The Bertz CT molecular complexity index is 643. The number of benzene rings is 1. The van der Waals surface area contributed by atoms with Crippen molar-refractivity contribution in [3.05, 3.63) is 57.8 Å². The number of amidine groups is 1. The number of hydrogen-bond acceptors (Lipinski definition) is 4. The molecule has 1 aromatic heterocycles. The second kappa shape index (κ2) is 6.38. The topological polar surface area (TPSA) is 83.5 Å². The molecule has 0 unspecified atom stereocenters. The Labute approximate surface area is 125 Å².